The number of fused-ring (bicyclic) bond motifs is 1. The molecule has 0 radical (unpaired) electrons. The minimum atomic E-state index is -0.0356. The number of carbonyl (C=O) groups is 1. The summed E-state index contributed by atoms with van der Waals surface area (Å²) in [6, 6.07) is 8.02. The zero-order valence-electron chi connectivity index (χ0n) is 13.5. The topological polar surface area (TPSA) is 59.8 Å². The van der Waals surface area contributed by atoms with Gasteiger partial charge in [0.2, 0.25) is 5.91 Å². The first kappa shape index (κ1) is 15.7. The van der Waals surface area contributed by atoms with E-state index in [1.807, 2.05) is 50.0 Å². The predicted molar refractivity (Wildman–Crippen MR) is 92.4 cm³/mol. The molecule has 0 aliphatic heterocycles. The van der Waals surface area contributed by atoms with Crippen molar-refractivity contribution in [3.8, 4) is 0 Å². The Kier molecular flexibility index (Phi) is 4.43. The zero-order valence-corrected chi connectivity index (χ0v) is 14.4. The summed E-state index contributed by atoms with van der Waals surface area (Å²) in [5, 5.41) is 8.26. The minimum Gasteiger partial charge on any atom is -0.349 e. The van der Waals surface area contributed by atoms with Gasteiger partial charge < -0.3 is 5.32 Å². The quantitative estimate of drug-likeness (QED) is 0.783. The monoisotopic (exact) mass is 328 g/mol. The van der Waals surface area contributed by atoms with Crippen molar-refractivity contribution < 1.29 is 4.79 Å². The highest BCUT2D eigenvalue weighted by molar-refractivity contribution is 7.18. The van der Waals surface area contributed by atoms with E-state index in [0.29, 0.717) is 12.8 Å². The zero-order chi connectivity index (χ0) is 16.4. The Hall–Kier alpha value is -2.21. The number of thiazole rings is 1. The highest BCUT2D eigenvalue weighted by Gasteiger charge is 2.15. The van der Waals surface area contributed by atoms with E-state index in [2.05, 4.69) is 21.5 Å². The van der Waals surface area contributed by atoms with Gasteiger partial charge >= 0.3 is 0 Å². The Bertz CT molecular complexity index is 803. The van der Waals surface area contributed by atoms with Crippen LogP contribution < -0.4 is 5.32 Å². The minimum absolute atomic E-state index is 0.0356. The summed E-state index contributed by atoms with van der Waals surface area (Å²) in [4.78, 5) is 16.7. The highest BCUT2D eigenvalue weighted by Crippen LogP contribution is 2.22. The lowest BCUT2D eigenvalue weighted by molar-refractivity contribution is -0.121. The molecule has 2 aromatic heterocycles. The SMILES string of the molecule is Cc1c(C(C)NC(=O)CCc2nc3ccccc3s2)cnn1C. The summed E-state index contributed by atoms with van der Waals surface area (Å²) in [6.45, 7) is 3.99. The Labute approximate surface area is 139 Å². The van der Waals surface area contributed by atoms with E-state index in [9.17, 15) is 4.79 Å². The first-order chi connectivity index (χ1) is 11.0. The largest absolute Gasteiger partial charge is 0.349 e. The molecule has 0 fully saturated rings. The Morgan fingerprint density at radius 3 is 2.87 bits per heavy atom. The van der Waals surface area contributed by atoms with Crippen molar-refractivity contribution in [2.75, 3.05) is 0 Å². The summed E-state index contributed by atoms with van der Waals surface area (Å²) in [7, 11) is 1.90. The molecule has 0 aliphatic carbocycles. The number of nitrogens with zero attached hydrogens (tertiary/aromatic N) is 3. The maximum Gasteiger partial charge on any atom is 0.220 e. The maximum absolute atomic E-state index is 12.2. The average Bonchev–Trinajstić information content (AvgIpc) is 3.09. The molecule has 0 saturated heterocycles. The van der Waals surface area contributed by atoms with Crippen molar-refractivity contribution in [1.29, 1.82) is 0 Å². The first-order valence-corrected chi connectivity index (χ1v) is 8.48. The number of benzene rings is 1. The molecule has 3 aromatic rings. The van der Waals surface area contributed by atoms with E-state index >= 15 is 0 Å². The van der Waals surface area contributed by atoms with Gasteiger partial charge in [-0.3, -0.25) is 9.48 Å². The van der Waals surface area contributed by atoms with E-state index in [1.54, 1.807) is 11.3 Å². The van der Waals surface area contributed by atoms with Crippen LogP contribution in [0.5, 0.6) is 0 Å². The van der Waals surface area contributed by atoms with E-state index in [0.717, 1.165) is 21.8 Å². The fourth-order valence-electron chi connectivity index (χ4n) is 2.58. The van der Waals surface area contributed by atoms with Crippen molar-refractivity contribution in [1.82, 2.24) is 20.1 Å². The summed E-state index contributed by atoms with van der Waals surface area (Å²) in [5.41, 5.74) is 3.14. The summed E-state index contributed by atoms with van der Waals surface area (Å²) in [5.74, 6) is 0.0417. The molecule has 120 valence electrons. The molecule has 3 rings (SSSR count). The fourth-order valence-corrected chi connectivity index (χ4v) is 3.55. The van der Waals surface area contributed by atoms with Crippen LogP contribution in [0.2, 0.25) is 0 Å². The number of para-hydroxylation sites is 1. The van der Waals surface area contributed by atoms with Gasteiger partial charge in [0.25, 0.3) is 0 Å². The third kappa shape index (κ3) is 3.42. The van der Waals surface area contributed by atoms with Gasteiger partial charge in [-0.15, -0.1) is 11.3 Å². The molecule has 1 aromatic carbocycles. The van der Waals surface area contributed by atoms with Crippen LogP contribution in [0.3, 0.4) is 0 Å². The third-order valence-electron chi connectivity index (χ3n) is 4.02. The predicted octanol–water partition coefficient (Wildman–Crippen LogP) is 3.15. The van der Waals surface area contributed by atoms with Crippen LogP contribution in [0.15, 0.2) is 30.5 Å². The standard InChI is InChI=1S/C17H20N4OS/c1-11(13-10-18-21(3)12(13)2)19-16(22)8-9-17-20-14-6-4-5-7-15(14)23-17/h4-7,10-11H,8-9H2,1-3H3,(H,19,22). The molecule has 6 heteroatoms. The third-order valence-corrected chi connectivity index (χ3v) is 5.12. The highest BCUT2D eigenvalue weighted by atomic mass is 32.1. The summed E-state index contributed by atoms with van der Waals surface area (Å²) < 4.78 is 2.99. The molecule has 0 bridgehead atoms. The number of hydrogen-bond acceptors (Lipinski definition) is 4. The van der Waals surface area contributed by atoms with E-state index < -0.39 is 0 Å². The molecule has 1 atom stereocenters. The first-order valence-electron chi connectivity index (χ1n) is 7.67. The number of carbonyl (C=O) groups excluding carboxylic acids is 1. The number of hydrogen-bond donors (Lipinski definition) is 1. The molecule has 1 amide bonds. The maximum atomic E-state index is 12.2. The Balaban J connectivity index is 1.58. The van der Waals surface area contributed by atoms with Crippen LogP contribution in [0, 0.1) is 6.92 Å². The second-order valence-electron chi connectivity index (χ2n) is 5.67. The average molecular weight is 328 g/mol. The van der Waals surface area contributed by atoms with E-state index in [1.165, 1.54) is 4.70 Å². The van der Waals surface area contributed by atoms with Gasteiger partial charge in [0.1, 0.15) is 0 Å². The normalized spacial score (nSPS) is 12.5. The molecule has 23 heavy (non-hydrogen) atoms. The molecule has 2 heterocycles. The van der Waals surface area contributed by atoms with Gasteiger partial charge in [0.05, 0.1) is 27.5 Å². The smallest absolute Gasteiger partial charge is 0.220 e. The van der Waals surface area contributed by atoms with Crippen molar-refractivity contribution in [2.45, 2.75) is 32.7 Å². The van der Waals surface area contributed by atoms with Crippen molar-refractivity contribution >= 4 is 27.5 Å². The van der Waals surface area contributed by atoms with E-state index in [4.69, 9.17) is 0 Å². The van der Waals surface area contributed by atoms with Gasteiger partial charge in [0.15, 0.2) is 0 Å². The number of amides is 1. The van der Waals surface area contributed by atoms with Crippen LogP contribution in [0.25, 0.3) is 10.2 Å². The Morgan fingerprint density at radius 1 is 1.39 bits per heavy atom. The number of aryl methyl sites for hydroxylation is 2. The van der Waals surface area contributed by atoms with E-state index in [-0.39, 0.29) is 11.9 Å². The molecule has 5 nitrogen and oxygen atoms in total. The van der Waals surface area contributed by atoms with Crippen molar-refractivity contribution in [3.63, 3.8) is 0 Å². The van der Waals surface area contributed by atoms with Gasteiger partial charge in [-0.1, -0.05) is 12.1 Å². The summed E-state index contributed by atoms with van der Waals surface area (Å²) in [6.07, 6.45) is 2.93. The molecule has 0 saturated carbocycles. The number of aromatic nitrogens is 3. The molecule has 1 N–H and O–H groups in total. The second kappa shape index (κ2) is 6.50. The second-order valence-corrected chi connectivity index (χ2v) is 6.79. The van der Waals surface area contributed by atoms with Crippen LogP contribution in [-0.4, -0.2) is 20.7 Å². The van der Waals surface area contributed by atoms with Gasteiger partial charge in [0, 0.05) is 31.1 Å². The molecule has 0 spiro atoms. The lowest BCUT2D eigenvalue weighted by Gasteiger charge is -2.13. The van der Waals surface area contributed by atoms with Crippen molar-refractivity contribution in [2.24, 2.45) is 7.05 Å². The lowest BCUT2D eigenvalue weighted by atomic mass is 10.1. The van der Waals surface area contributed by atoms with Crippen molar-refractivity contribution in [3.05, 3.63) is 46.7 Å². The Morgan fingerprint density at radius 2 is 2.17 bits per heavy atom. The van der Waals surface area contributed by atoms with Gasteiger partial charge in [-0.2, -0.15) is 5.10 Å². The van der Waals surface area contributed by atoms with Crippen LogP contribution in [0.1, 0.15) is 35.7 Å². The van der Waals surface area contributed by atoms with Crippen LogP contribution in [0.4, 0.5) is 0 Å². The van der Waals surface area contributed by atoms with Crippen LogP contribution in [-0.2, 0) is 18.3 Å². The van der Waals surface area contributed by atoms with Gasteiger partial charge in [-0.05, 0) is 26.0 Å². The number of rotatable bonds is 5. The molecule has 0 aliphatic rings. The number of nitrogens with one attached hydrogen (secondary N) is 1. The lowest BCUT2D eigenvalue weighted by Crippen LogP contribution is -2.27. The molecular formula is C17H20N4OS. The molecule has 1 unspecified atom stereocenters. The van der Waals surface area contributed by atoms with Gasteiger partial charge in [-0.25, -0.2) is 4.98 Å². The summed E-state index contributed by atoms with van der Waals surface area (Å²) >= 11 is 1.66. The fraction of sp³-hybridized carbons (Fsp3) is 0.353. The van der Waals surface area contributed by atoms with Crippen LogP contribution >= 0.6 is 11.3 Å². The molecular weight excluding hydrogens is 308 g/mol.